The van der Waals surface area contributed by atoms with Gasteiger partial charge in [0.2, 0.25) is 5.91 Å². The number of hydrogen-bond donors (Lipinski definition) is 2. The summed E-state index contributed by atoms with van der Waals surface area (Å²) in [7, 11) is 3.17. The van der Waals surface area contributed by atoms with Gasteiger partial charge in [0.05, 0.1) is 31.7 Å². The smallest absolute Gasteiger partial charge is 0.228 e. The molecular formula is C26H27N3O3. The summed E-state index contributed by atoms with van der Waals surface area (Å²) in [4.78, 5) is 20.5. The second-order valence-electron chi connectivity index (χ2n) is 7.82. The second kappa shape index (κ2) is 9.56. The lowest BCUT2D eigenvalue weighted by molar-refractivity contribution is -0.115. The highest BCUT2D eigenvalue weighted by Crippen LogP contribution is 2.27. The molecule has 1 amide bonds. The number of fused-ring (bicyclic) bond motifs is 1. The molecule has 3 aromatic carbocycles. The van der Waals surface area contributed by atoms with Crippen molar-refractivity contribution in [2.45, 2.75) is 26.2 Å². The van der Waals surface area contributed by atoms with Gasteiger partial charge in [-0.3, -0.25) is 4.79 Å². The van der Waals surface area contributed by atoms with Gasteiger partial charge < -0.3 is 19.8 Å². The van der Waals surface area contributed by atoms with Crippen LogP contribution in [0.4, 0.5) is 5.69 Å². The van der Waals surface area contributed by atoms with E-state index in [2.05, 4.69) is 34.3 Å². The zero-order chi connectivity index (χ0) is 22.5. The van der Waals surface area contributed by atoms with Crippen molar-refractivity contribution >= 4 is 22.6 Å². The first-order chi connectivity index (χ1) is 15.5. The molecule has 0 aliphatic carbocycles. The molecule has 4 rings (SSSR count). The summed E-state index contributed by atoms with van der Waals surface area (Å²) in [5, 5.41) is 2.95. The van der Waals surface area contributed by atoms with E-state index in [4.69, 9.17) is 9.47 Å². The molecule has 6 nitrogen and oxygen atoms in total. The maximum absolute atomic E-state index is 12.4. The predicted octanol–water partition coefficient (Wildman–Crippen LogP) is 4.85. The molecule has 2 N–H and O–H groups in total. The first-order valence-electron chi connectivity index (χ1n) is 10.6. The number of ether oxygens (including phenoxy) is 2. The molecule has 164 valence electrons. The number of amides is 1. The number of aromatic nitrogens is 2. The van der Waals surface area contributed by atoms with E-state index in [-0.39, 0.29) is 12.3 Å². The Morgan fingerprint density at radius 2 is 1.66 bits per heavy atom. The summed E-state index contributed by atoms with van der Waals surface area (Å²) >= 11 is 0. The van der Waals surface area contributed by atoms with E-state index in [9.17, 15) is 4.79 Å². The van der Waals surface area contributed by atoms with Crippen LogP contribution >= 0.6 is 0 Å². The minimum absolute atomic E-state index is 0.0810. The Kier molecular flexibility index (Phi) is 6.40. The average molecular weight is 430 g/mol. The zero-order valence-corrected chi connectivity index (χ0v) is 18.6. The van der Waals surface area contributed by atoms with Crippen LogP contribution < -0.4 is 14.8 Å². The number of carbonyl (C=O) groups excluding carboxylic acids is 1. The van der Waals surface area contributed by atoms with Crippen LogP contribution in [-0.4, -0.2) is 30.1 Å². The SMILES string of the molecule is COc1ccc(CC(=O)Nc2ccc(CCc3nc4ccc(C)cc4[nH]3)cc2)cc1OC. The molecule has 0 saturated heterocycles. The molecule has 0 unspecified atom stereocenters. The number of nitrogens with zero attached hydrogens (tertiary/aromatic N) is 1. The fraction of sp³-hybridized carbons (Fsp3) is 0.231. The van der Waals surface area contributed by atoms with E-state index in [0.29, 0.717) is 11.5 Å². The normalized spacial score (nSPS) is 10.8. The van der Waals surface area contributed by atoms with Crippen molar-refractivity contribution in [1.29, 1.82) is 0 Å². The number of aromatic amines is 1. The van der Waals surface area contributed by atoms with Crippen LogP contribution in [0.1, 0.15) is 22.5 Å². The Hall–Kier alpha value is -3.80. The molecule has 0 spiro atoms. The molecule has 0 bridgehead atoms. The molecule has 0 radical (unpaired) electrons. The van der Waals surface area contributed by atoms with Crippen LogP contribution in [0, 0.1) is 6.92 Å². The average Bonchev–Trinajstić information content (AvgIpc) is 3.20. The molecular weight excluding hydrogens is 402 g/mol. The van der Waals surface area contributed by atoms with Crippen LogP contribution in [0.3, 0.4) is 0 Å². The maximum Gasteiger partial charge on any atom is 0.228 e. The maximum atomic E-state index is 12.4. The topological polar surface area (TPSA) is 76.2 Å². The van der Waals surface area contributed by atoms with Crippen LogP contribution in [0.15, 0.2) is 60.7 Å². The Balaban J connectivity index is 1.32. The highest BCUT2D eigenvalue weighted by atomic mass is 16.5. The highest BCUT2D eigenvalue weighted by molar-refractivity contribution is 5.92. The van der Waals surface area contributed by atoms with Crippen molar-refractivity contribution in [1.82, 2.24) is 9.97 Å². The van der Waals surface area contributed by atoms with Crippen LogP contribution in [0.25, 0.3) is 11.0 Å². The van der Waals surface area contributed by atoms with Gasteiger partial charge >= 0.3 is 0 Å². The van der Waals surface area contributed by atoms with Gasteiger partial charge in [-0.2, -0.15) is 0 Å². The molecule has 1 heterocycles. The lowest BCUT2D eigenvalue weighted by Gasteiger charge is -2.10. The van der Waals surface area contributed by atoms with Crippen molar-refractivity contribution in [3.05, 3.63) is 83.2 Å². The lowest BCUT2D eigenvalue weighted by atomic mass is 10.1. The molecule has 0 atom stereocenters. The third kappa shape index (κ3) is 5.09. The van der Waals surface area contributed by atoms with Gasteiger partial charge in [-0.15, -0.1) is 0 Å². The number of hydrogen-bond acceptors (Lipinski definition) is 4. The standard InChI is InChI=1S/C26H27N3O3/c1-17-4-11-21-22(14-17)29-25(28-21)13-8-18-5-9-20(10-6-18)27-26(30)16-19-7-12-23(31-2)24(15-19)32-3/h4-7,9-12,14-15H,8,13,16H2,1-3H3,(H,27,30)(H,28,29). The van der Waals surface area contributed by atoms with Crippen LogP contribution in [0.2, 0.25) is 0 Å². The summed E-state index contributed by atoms with van der Waals surface area (Å²) < 4.78 is 10.5. The molecule has 0 saturated carbocycles. The monoisotopic (exact) mass is 429 g/mol. The fourth-order valence-electron chi connectivity index (χ4n) is 3.69. The molecule has 6 heteroatoms. The van der Waals surface area contributed by atoms with E-state index in [1.54, 1.807) is 20.3 Å². The van der Waals surface area contributed by atoms with Gasteiger partial charge in [0.25, 0.3) is 0 Å². The first kappa shape index (κ1) is 21.4. The number of nitrogens with one attached hydrogen (secondary N) is 2. The summed E-state index contributed by atoms with van der Waals surface area (Å²) in [6, 6.07) is 19.7. The molecule has 32 heavy (non-hydrogen) atoms. The Morgan fingerprint density at radius 1 is 0.906 bits per heavy atom. The van der Waals surface area contributed by atoms with E-state index in [1.165, 1.54) is 11.1 Å². The van der Waals surface area contributed by atoms with Gasteiger partial charge in [-0.1, -0.05) is 24.3 Å². The zero-order valence-electron chi connectivity index (χ0n) is 18.6. The lowest BCUT2D eigenvalue weighted by Crippen LogP contribution is -2.14. The third-order valence-corrected chi connectivity index (χ3v) is 5.39. The van der Waals surface area contributed by atoms with Gasteiger partial charge in [0.15, 0.2) is 11.5 Å². The largest absolute Gasteiger partial charge is 0.493 e. The molecule has 4 aromatic rings. The molecule has 0 fully saturated rings. The number of rotatable bonds is 8. The number of imidazole rings is 1. The Morgan fingerprint density at radius 3 is 2.41 bits per heavy atom. The summed E-state index contributed by atoms with van der Waals surface area (Å²) in [5.41, 5.74) is 6.12. The minimum Gasteiger partial charge on any atom is -0.493 e. The summed E-state index contributed by atoms with van der Waals surface area (Å²) in [6.07, 6.45) is 1.96. The van der Waals surface area contributed by atoms with E-state index < -0.39 is 0 Å². The summed E-state index contributed by atoms with van der Waals surface area (Å²) in [6.45, 7) is 2.08. The van der Waals surface area contributed by atoms with Crippen molar-refractivity contribution in [3.63, 3.8) is 0 Å². The quantitative estimate of drug-likeness (QED) is 0.420. The van der Waals surface area contributed by atoms with Gasteiger partial charge in [0, 0.05) is 12.1 Å². The predicted molar refractivity (Wildman–Crippen MR) is 127 cm³/mol. The minimum atomic E-state index is -0.0810. The van der Waals surface area contributed by atoms with Gasteiger partial charge in [-0.05, 0) is 66.4 Å². The van der Waals surface area contributed by atoms with Crippen molar-refractivity contribution in [2.75, 3.05) is 19.5 Å². The van der Waals surface area contributed by atoms with E-state index in [1.807, 2.05) is 42.5 Å². The molecule has 0 aliphatic heterocycles. The van der Waals surface area contributed by atoms with Crippen LogP contribution in [-0.2, 0) is 24.1 Å². The van der Waals surface area contributed by atoms with Gasteiger partial charge in [-0.25, -0.2) is 4.98 Å². The highest BCUT2D eigenvalue weighted by Gasteiger charge is 2.09. The molecule has 1 aromatic heterocycles. The Labute approximate surface area is 187 Å². The second-order valence-corrected chi connectivity index (χ2v) is 7.82. The number of carbonyl (C=O) groups is 1. The van der Waals surface area contributed by atoms with E-state index in [0.717, 1.165) is 41.0 Å². The molecule has 0 aliphatic rings. The number of benzene rings is 3. The van der Waals surface area contributed by atoms with Crippen molar-refractivity contribution < 1.29 is 14.3 Å². The first-order valence-corrected chi connectivity index (χ1v) is 10.6. The van der Waals surface area contributed by atoms with Gasteiger partial charge in [0.1, 0.15) is 5.82 Å². The third-order valence-electron chi connectivity index (χ3n) is 5.39. The Bertz CT molecular complexity index is 1230. The van der Waals surface area contributed by atoms with Crippen molar-refractivity contribution in [3.8, 4) is 11.5 Å². The number of aryl methyl sites for hydroxylation is 3. The van der Waals surface area contributed by atoms with Crippen molar-refractivity contribution in [2.24, 2.45) is 0 Å². The number of H-pyrrole nitrogens is 1. The number of anilines is 1. The number of methoxy groups -OCH3 is 2. The fourth-order valence-corrected chi connectivity index (χ4v) is 3.69. The summed E-state index contributed by atoms with van der Waals surface area (Å²) in [5.74, 6) is 2.16. The van der Waals surface area contributed by atoms with Crippen LogP contribution in [0.5, 0.6) is 11.5 Å². The van der Waals surface area contributed by atoms with E-state index >= 15 is 0 Å².